The summed E-state index contributed by atoms with van der Waals surface area (Å²) in [5.74, 6) is -1.96. The molecule has 0 heterocycles. The predicted octanol–water partition coefficient (Wildman–Crippen LogP) is 1.43. The molecule has 1 rings (SSSR count). The molecule has 1 aromatic carbocycles. The van der Waals surface area contributed by atoms with Crippen LogP contribution in [0.4, 0.5) is 0 Å². The van der Waals surface area contributed by atoms with Crippen molar-refractivity contribution in [3.05, 3.63) is 35.9 Å². The summed E-state index contributed by atoms with van der Waals surface area (Å²) in [7, 11) is 1.26. The van der Waals surface area contributed by atoms with Crippen LogP contribution in [0.5, 0.6) is 0 Å². The predicted molar refractivity (Wildman–Crippen MR) is 79.6 cm³/mol. The van der Waals surface area contributed by atoms with Crippen LogP contribution in [0.2, 0.25) is 0 Å². The number of carbonyl (C=O) groups is 3. The quantitative estimate of drug-likeness (QED) is 0.771. The standard InChI is InChI=1S/C16H21NO5/c1-11(9-14(18)21-3)15(19)17-12(2)16(20)22-10-13-7-5-4-6-8-13/h4-8,11-12H,9-10H2,1-3H3,(H,17,19)/t11?,12-/m0/s1. The first-order chi connectivity index (χ1) is 10.4. The molecule has 0 saturated heterocycles. The zero-order valence-electron chi connectivity index (χ0n) is 13.0. The number of rotatable bonds is 7. The van der Waals surface area contributed by atoms with Crippen LogP contribution < -0.4 is 5.32 Å². The summed E-state index contributed by atoms with van der Waals surface area (Å²) in [5.41, 5.74) is 0.869. The summed E-state index contributed by atoms with van der Waals surface area (Å²) in [6, 6.07) is 8.48. The average molecular weight is 307 g/mol. The van der Waals surface area contributed by atoms with Crippen molar-refractivity contribution in [2.24, 2.45) is 5.92 Å². The second-order valence-corrected chi connectivity index (χ2v) is 5.00. The molecule has 0 radical (unpaired) electrons. The van der Waals surface area contributed by atoms with E-state index in [0.29, 0.717) is 0 Å². The van der Waals surface area contributed by atoms with E-state index >= 15 is 0 Å². The molecule has 0 saturated carbocycles. The maximum atomic E-state index is 11.9. The number of carbonyl (C=O) groups excluding carboxylic acids is 3. The van der Waals surface area contributed by atoms with Crippen molar-refractivity contribution < 1.29 is 23.9 Å². The van der Waals surface area contributed by atoms with Crippen LogP contribution >= 0.6 is 0 Å². The molecular formula is C16H21NO5. The lowest BCUT2D eigenvalue weighted by molar-refractivity contribution is -0.149. The molecule has 1 aromatic rings. The first-order valence-corrected chi connectivity index (χ1v) is 7.01. The van der Waals surface area contributed by atoms with E-state index in [4.69, 9.17) is 4.74 Å². The molecule has 6 nitrogen and oxygen atoms in total. The molecule has 0 spiro atoms. The van der Waals surface area contributed by atoms with Crippen molar-refractivity contribution in [2.45, 2.75) is 32.9 Å². The number of ether oxygens (including phenoxy) is 2. The zero-order valence-corrected chi connectivity index (χ0v) is 13.0. The zero-order chi connectivity index (χ0) is 16.5. The largest absolute Gasteiger partial charge is 0.469 e. The Kier molecular flexibility index (Phi) is 7.08. The van der Waals surface area contributed by atoms with Crippen LogP contribution in [0.25, 0.3) is 0 Å². The fourth-order valence-electron chi connectivity index (χ4n) is 1.69. The summed E-state index contributed by atoms with van der Waals surface area (Å²) in [6.07, 6.45) is -0.0336. The van der Waals surface area contributed by atoms with Gasteiger partial charge in [0.1, 0.15) is 12.6 Å². The summed E-state index contributed by atoms with van der Waals surface area (Å²) < 4.78 is 9.63. The molecule has 0 aliphatic heterocycles. The highest BCUT2D eigenvalue weighted by atomic mass is 16.5. The van der Waals surface area contributed by atoms with Gasteiger partial charge in [-0.25, -0.2) is 4.79 Å². The van der Waals surface area contributed by atoms with Gasteiger partial charge in [-0.1, -0.05) is 37.3 Å². The van der Waals surface area contributed by atoms with Gasteiger partial charge in [0.15, 0.2) is 0 Å². The molecular weight excluding hydrogens is 286 g/mol. The first-order valence-electron chi connectivity index (χ1n) is 7.01. The van der Waals surface area contributed by atoms with Gasteiger partial charge in [-0.05, 0) is 12.5 Å². The van der Waals surface area contributed by atoms with Crippen molar-refractivity contribution in [3.8, 4) is 0 Å². The highest BCUT2D eigenvalue weighted by Crippen LogP contribution is 2.05. The van der Waals surface area contributed by atoms with Gasteiger partial charge in [-0.2, -0.15) is 0 Å². The van der Waals surface area contributed by atoms with E-state index in [-0.39, 0.29) is 13.0 Å². The SMILES string of the molecule is COC(=O)CC(C)C(=O)N[C@@H](C)C(=O)OCc1ccccc1. The molecule has 0 aliphatic carbocycles. The minimum atomic E-state index is -0.781. The number of amides is 1. The van der Waals surface area contributed by atoms with Crippen molar-refractivity contribution in [1.29, 1.82) is 0 Å². The Morgan fingerprint density at radius 2 is 1.77 bits per heavy atom. The lowest BCUT2D eigenvalue weighted by atomic mass is 10.1. The number of esters is 2. The molecule has 2 atom stereocenters. The van der Waals surface area contributed by atoms with Crippen LogP contribution in [0.1, 0.15) is 25.8 Å². The van der Waals surface area contributed by atoms with Gasteiger partial charge in [0.25, 0.3) is 0 Å². The molecule has 0 aromatic heterocycles. The summed E-state index contributed by atoms with van der Waals surface area (Å²) in [5, 5.41) is 2.52. The summed E-state index contributed by atoms with van der Waals surface area (Å²) in [4.78, 5) is 34.8. The Morgan fingerprint density at radius 1 is 1.14 bits per heavy atom. The lowest BCUT2D eigenvalue weighted by Gasteiger charge is -2.16. The third-order valence-electron chi connectivity index (χ3n) is 3.08. The van der Waals surface area contributed by atoms with E-state index in [9.17, 15) is 14.4 Å². The Labute approximate surface area is 129 Å². The van der Waals surface area contributed by atoms with Gasteiger partial charge in [0, 0.05) is 5.92 Å². The molecule has 1 N–H and O–H groups in total. The molecule has 22 heavy (non-hydrogen) atoms. The molecule has 1 amide bonds. The van der Waals surface area contributed by atoms with Crippen LogP contribution in [-0.4, -0.2) is 31.0 Å². The summed E-state index contributed by atoms with van der Waals surface area (Å²) >= 11 is 0. The van der Waals surface area contributed by atoms with Gasteiger partial charge in [0.05, 0.1) is 13.5 Å². The molecule has 0 bridgehead atoms. The topological polar surface area (TPSA) is 81.7 Å². The van der Waals surface area contributed by atoms with E-state index in [2.05, 4.69) is 10.1 Å². The highest BCUT2D eigenvalue weighted by molar-refractivity contribution is 5.87. The van der Waals surface area contributed by atoms with Crippen LogP contribution in [0.3, 0.4) is 0 Å². The molecule has 6 heteroatoms. The lowest BCUT2D eigenvalue weighted by Crippen LogP contribution is -2.42. The van der Waals surface area contributed by atoms with Crippen molar-refractivity contribution in [3.63, 3.8) is 0 Å². The maximum Gasteiger partial charge on any atom is 0.328 e. The molecule has 120 valence electrons. The fourth-order valence-corrected chi connectivity index (χ4v) is 1.69. The number of hydrogen-bond acceptors (Lipinski definition) is 5. The molecule has 0 fully saturated rings. The van der Waals surface area contributed by atoms with Gasteiger partial charge < -0.3 is 14.8 Å². The Hall–Kier alpha value is -2.37. The molecule has 0 aliphatic rings. The monoisotopic (exact) mass is 307 g/mol. The third kappa shape index (κ3) is 5.95. The number of methoxy groups -OCH3 is 1. The Morgan fingerprint density at radius 3 is 2.36 bits per heavy atom. The average Bonchev–Trinajstić information content (AvgIpc) is 2.53. The van der Waals surface area contributed by atoms with Crippen molar-refractivity contribution >= 4 is 17.8 Å². The first kappa shape index (κ1) is 17.7. The Balaban J connectivity index is 2.40. The van der Waals surface area contributed by atoms with Crippen molar-refractivity contribution in [1.82, 2.24) is 5.32 Å². The highest BCUT2D eigenvalue weighted by Gasteiger charge is 2.22. The van der Waals surface area contributed by atoms with Crippen LogP contribution in [0, 0.1) is 5.92 Å². The van der Waals surface area contributed by atoms with Crippen LogP contribution in [0.15, 0.2) is 30.3 Å². The van der Waals surface area contributed by atoms with Gasteiger partial charge in [0.2, 0.25) is 5.91 Å². The normalized spacial score (nSPS) is 12.9. The van der Waals surface area contributed by atoms with Gasteiger partial charge in [-0.15, -0.1) is 0 Å². The minimum absolute atomic E-state index is 0.0336. The molecule has 1 unspecified atom stereocenters. The van der Waals surface area contributed by atoms with E-state index < -0.39 is 29.8 Å². The van der Waals surface area contributed by atoms with E-state index in [0.717, 1.165) is 5.56 Å². The van der Waals surface area contributed by atoms with Gasteiger partial charge in [-0.3, -0.25) is 9.59 Å². The Bertz CT molecular complexity index is 515. The maximum absolute atomic E-state index is 11.9. The van der Waals surface area contributed by atoms with E-state index in [1.165, 1.54) is 14.0 Å². The van der Waals surface area contributed by atoms with Gasteiger partial charge >= 0.3 is 11.9 Å². The number of hydrogen-bond donors (Lipinski definition) is 1. The van der Waals surface area contributed by atoms with Crippen LogP contribution in [-0.2, 0) is 30.5 Å². The second kappa shape index (κ2) is 8.81. The third-order valence-corrected chi connectivity index (χ3v) is 3.08. The minimum Gasteiger partial charge on any atom is -0.469 e. The number of nitrogens with one attached hydrogen (secondary N) is 1. The summed E-state index contributed by atoms with van der Waals surface area (Å²) in [6.45, 7) is 3.28. The van der Waals surface area contributed by atoms with Crippen molar-refractivity contribution in [2.75, 3.05) is 7.11 Å². The van der Waals surface area contributed by atoms with E-state index in [1.807, 2.05) is 30.3 Å². The second-order valence-electron chi connectivity index (χ2n) is 5.00. The fraction of sp³-hybridized carbons (Fsp3) is 0.438. The van der Waals surface area contributed by atoms with E-state index in [1.54, 1.807) is 6.92 Å². The number of benzene rings is 1. The smallest absolute Gasteiger partial charge is 0.328 e.